The highest BCUT2D eigenvalue weighted by atomic mass is 35.6. The zero-order valence-corrected chi connectivity index (χ0v) is 14.3. The highest BCUT2D eigenvalue weighted by Crippen LogP contribution is 2.32. The van der Waals surface area contributed by atoms with E-state index in [9.17, 15) is 4.79 Å². The van der Waals surface area contributed by atoms with Crippen molar-refractivity contribution in [2.75, 3.05) is 14.1 Å². The Bertz CT molecular complexity index is 671. The highest BCUT2D eigenvalue weighted by molar-refractivity contribution is 6.68. The molecule has 0 spiro atoms. The van der Waals surface area contributed by atoms with Crippen LogP contribution in [0.2, 0.25) is 0 Å². The Morgan fingerprint density at radius 3 is 2.36 bits per heavy atom. The average Bonchev–Trinajstić information content (AvgIpc) is 2.45. The van der Waals surface area contributed by atoms with Crippen LogP contribution in [-0.4, -0.2) is 35.0 Å². The van der Waals surface area contributed by atoms with E-state index in [1.807, 2.05) is 36.4 Å². The normalized spacial score (nSPS) is 12.8. The van der Waals surface area contributed by atoms with Crippen molar-refractivity contribution < 1.29 is 9.53 Å². The van der Waals surface area contributed by atoms with E-state index in [2.05, 4.69) is 5.32 Å². The van der Waals surface area contributed by atoms with Gasteiger partial charge < -0.3 is 9.64 Å². The van der Waals surface area contributed by atoms with E-state index in [1.165, 1.54) is 4.90 Å². The van der Waals surface area contributed by atoms with Gasteiger partial charge in [0.15, 0.2) is 0 Å². The number of fused-ring (bicyclic) bond motifs is 1. The molecule has 0 radical (unpaired) electrons. The molecule has 0 aliphatic rings. The summed E-state index contributed by atoms with van der Waals surface area (Å²) in [7, 11) is 3.17. The standard InChI is InChI=1S/C15H15Cl3N2O2/c1-20(2)14(21)19-13(15(16,17)18)22-12-8-7-10-5-3-4-6-11(10)9-12/h3-9,13H,1-2H3,(H,19,21)/t13-/m0/s1. The first-order chi connectivity index (χ1) is 10.3. The van der Waals surface area contributed by atoms with E-state index >= 15 is 0 Å². The van der Waals surface area contributed by atoms with Gasteiger partial charge in [-0.05, 0) is 22.9 Å². The predicted octanol–water partition coefficient (Wildman–Crippen LogP) is 4.19. The van der Waals surface area contributed by atoms with Gasteiger partial charge in [-0.15, -0.1) is 0 Å². The van der Waals surface area contributed by atoms with Crippen LogP contribution in [0.3, 0.4) is 0 Å². The van der Waals surface area contributed by atoms with Crippen LogP contribution in [0.4, 0.5) is 4.79 Å². The molecule has 0 unspecified atom stereocenters. The van der Waals surface area contributed by atoms with E-state index < -0.39 is 16.1 Å². The van der Waals surface area contributed by atoms with E-state index in [0.717, 1.165) is 10.8 Å². The van der Waals surface area contributed by atoms with Gasteiger partial charge in [-0.25, -0.2) is 4.79 Å². The molecule has 1 N–H and O–H groups in total. The van der Waals surface area contributed by atoms with Crippen molar-refractivity contribution in [3.8, 4) is 5.75 Å². The van der Waals surface area contributed by atoms with Gasteiger partial charge in [-0.3, -0.25) is 5.32 Å². The minimum Gasteiger partial charge on any atom is -0.466 e. The third-order valence-corrected chi connectivity index (χ3v) is 3.53. The lowest BCUT2D eigenvalue weighted by molar-refractivity contribution is 0.154. The maximum Gasteiger partial charge on any atom is 0.319 e. The molecule has 1 atom stereocenters. The van der Waals surface area contributed by atoms with Crippen molar-refractivity contribution >= 4 is 51.6 Å². The summed E-state index contributed by atoms with van der Waals surface area (Å²) in [5, 5.41) is 4.58. The second-order valence-corrected chi connectivity index (χ2v) is 7.26. The lowest BCUT2D eigenvalue weighted by Crippen LogP contribution is -2.50. The van der Waals surface area contributed by atoms with Gasteiger partial charge in [-0.1, -0.05) is 65.1 Å². The van der Waals surface area contributed by atoms with Crippen LogP contribution in [0.1, 0.15) is 0 Å². The monoisotopic (exact) mass is 360 g/mol. The molecule has 0 aliphatic carbocycles. The van der Waals surface area contributed by atoms with Gasteiger partial charge in [0.1, 0.15) is 5.75 Å². The molecule has 0 saturated carbocycles. The van der Waals surface area contributed by atoms with Crippen LogP contribution < -0.4 is 10.1 Å². The molecule has 0 fully saturated rings. The van der Waals surface area contributed by atoms with Crippen LogP contribution in [0, 0.1) is 0 Å². The van der Waals surface area contributed by atoms with Crippen LogP contribution in [0.5, 0.6) is 5.75 Å². The van der Waals surface area contributed by atoms with Gasteiger partial charge in [0.25, 0.3) is 0 Å². The van der Waals surface area contributed by atoms with Crippen molar-refractivity contribution in [3.63, 3.8) is 0 Å². The van der Waals surface area contributed by atoms with E-state index in [0.29, 0.717) is 5.75 Å². The molecule has 118 valence electrons. The molecule has 7 heteroatoms. The first-order valence-corrected chi connectivity index (χ1v) is 7.61. The zero-order valence-electron chi connectivity index (χ0n) is 12.0. The van der Waals surface area contributed by atoms with Gasteiger partial charge in [0.2, 0.25) is 10.0 Å². The summed E-state index contributed by atoms with van der Waals surface area (Å²) in [4.78, 5) is 13.1. The second kappa shape index (κ2) is 6.82. The first kappa shape index (κ1) is 17.0. The number of hydrogen-bond acceptors (Lipinski definition) is 2. The van der Waals surface area contributed by atoms with Crippen LogP contribution >= 0.6 is 34.8 Å². The number of rotatable bonds is 3. The Morgan fingerprint density at radius 1 is 1.14 bits per heavy atom. The number of nitrogens with zero attached hydrogens (tertiary/aromatic N) is 1. The number of urea groups is 1. The SMILES string of the molecule is CN(C)C(=O)N[C@@H](Oc1ccc2ccccc2c1)C(Cl)(Cl)Cl. The number of alkyl halides is 3. The van der Waals surface area contributed by atoms with Crippen LogP contribution in [0.25, 0.3) is 10.8 Å². The first-order valence-electron chi connectivity index (χ1n) is 6.47. The van der Waals surface area contributed by atoms with Crippen LogP contribution in [-0.2, 0) is 0 Å². The Balaban J connectivity index is 2.23. The molecule has 22 heavy (non-hydrogen) atoms. The summed E-state index contributed by atoms with van der Waals surface area (Å²) < 4.78 is 3.85. The number of benzene rings is 2. The maximum atomic E-state index is 11.8. The lowest BCUT2D eigenvalue weighted by Gasteiger charge is -2.27. The molecule has 2 aromatic carbocycles. The molecule has 0 aliphatic heterocycles. The average molecular weight is 362 g/mol. The lowest BCUT2D eigenvalue weighted by atomic mass is 10.1. The fourth-order valence-electron chi connectivity index (χ4n) is 1.80. The fraction of sp³-hybridized carbons (Fsp3) is 0.267. The quantitative estimate of drug-likeness (QED) is 0.658. The Hall–Kier alpha value is -1.36. The summed E-state index contributed by atoms with van der Waals surface area (Å²) in [6.07, 6.45) is -1.12. The van der Waals surface area contributed by atoms with E-state index in [-0.39, 0.29) is 0 Å². The van der Waals surface area contributed by atoms with Crippen molar-refractivity contribution in [1.29, 1.82) is 0 Å². The number of carbonyl (C=O) groups is 1. The van der Waals surface area contributed by atoms with Gasteiger partial charge in [0.05, 0.1) is 0 Å². The maximum absolute atomic E-state index is 11.8. The fourth-order valence-corrected chi connectivity index (χ4v) is 2.09. The van der Waals surface area contributed by atoms with E-state index in [4.69, 9.17) is 39.5 Å². The molecular formula is C15H15Cl3N2O2. The Labute approximate surface area is 143 Å². The molecule has 2 aromatic rings. The molecule has 0 bridgehead atoms. The largest absolute Gasteiger partial charge is 0.466 e. The predicted molar refractivity (Wildman–Crippen MR) is 90.9 cm³/mol. The number of halogens is 3. The number of ether oxygens (including phenoxy) is 1. The Kier molecular flexibility index (Phi) is 5.27. The summed E-state index contributed by atoms with van der Waals surface area (Å²) >= 11 is 17.7. The Morgan fingerprint density at radius 2 is 1.77 bits per heavy atom. The third kappa shape index (κ3) is 4.32. The number of nitrogens with one attached hydrogen (secondary N) is 1. The molecule has 4 nitrogen and oxygen atoms in total. The third-order valence-electron chi connectivity index (χ3n) is 2.93. The molecule has 0 saturated heterocycles. The topological polar surface area (TPSA) is 41.6 Å². The van der Waals surface area contributed by atoms with Crippen molar-refractivity contribution in [2.45, 2.75) is 10.0 Å². The molecule has 2 rings (SSSR count). The molecule has 0 heterocycles. The van der Waals surface area contributed by atoms with Crippen molar-refractivity contribution in [3.05, 3.63) is 42.5 Å². The molecular weight excluding hydrogens is 347 g/mol. The van der Waals surface area contributed by atoms with E-state index in [1.54, 1.807) is 20.2 Å². The summed E-state index contributed by atoms with van der Waals surface area (Å²) in [5.41, 5.74) is 0. The number of carbonyl (C=O) groups excluding carboxylic acids is 1. The number of amides is 2. The minimum absolute atomic E-state index is 0.419. The van der Waals surface area contributed by atoms with Crippen molar-refractivity contribution in [2.24, 2.45) is 0 Å². The van der Waals surface area contributed by atoms with Crippen LogP contribution in [0.15, 0.2) is 42.5 Å². The zero-order chi connectivity index (χ0) is 16.3. The van der Waals surface area contributed by atoms with Gasteiger partial charge >= 0.3 is 6.03 Å². The summed E-state index contributed by atoms with van der Waals surface area (Å²) in [5.74, 6) is 0.495. The smallest absolute Gasteiger partial charge is 0.319 e. The molecule has 2 amide bonds. The number of hydrogen-bond donors (Lipinski definition) is 1. The second-order valence-electron chi connectivity index (χ2n) is 4.89. The molecule has 0 aromatic heterocycles. The van der Waals surface area contributed by atoms with Gasteiger partial charge in [0, 0.05) is 14.1 Å². The minimum atomic E-state index is -1.81. The van der Waals surface area contributed by atoms with Crippen molar-refractivity contribution in [1.82, 2.24) is 10.2 Å². The summed E-state index contributed by atoms with van der Waals surface area (Å²) in [6, 6.07) is 12.9. The van der Waals surface area contributed by atoms with Gasteiger partial charge in [-0.2, -0.15) is 0 Å². The highest BCUT2D eigenvalue weighted by Gasteiger charge is 2.36. The summed E-state index contributed by atoms with van der Waals surface area (Å²) in [6.45, 7) is 0.